The van der Waals surface area contributed by atoms with Gasteiger partial charge in [-0.3, -0.25) is 4.68 Å². The molecule has 7 nitrogen and oxygen atoms in total. The van der Waals surface area contributed by atoms with E-state index in [0.29, 0.717) is 36.4 Å². The maximum absolute atomic E-state index is 15.0. The predicted octanol–water partition coefficient (Wildman–Crippen LogP) is 2.96. The molecule has 0 amide bonds. The Labute approximate surface area is 161 Å². The maximum atomic E-state index is 15.0. The number of hydrogen-bond donors (Lipinski definition) is 1. The van der Waals surface area contributed by atoms with E-state index in [-0.39, 0.29) is 18.8 Å². The van der Waals surface area contributed by atoms with Gasteiger partial charge < -0.3 is 15.2 Å². The average molecular weight is 381 g/mol. The van der Waals surface area contributed by atoms with Gasteiger partial charge in [-0.15, -0.1) is 0 Å². The van der Waals surface area contributed by atoms with Gasteiger partial charge >= 0.3 is 0 Å². The summed E-state index contributed by atoms with van der Waals surface area (Å²) in [5.41, 5.74) is 6.62. The van der Waals surface area contributed by atoms with E-state index in [0.717, 1.165) is 5.56 Å². The third-order valence-corrected chi connectivity index (χ3v) is 5.14. The summed E-state index contributed by atoms with van der Waals surface area (Å²) in [6, 6.07) is 13.5. The van der Waals surface area contributed by atoms with Crippen LogP contribution in [0, 0.1) is 11.3 Å². The summed E-state index contributed by atoms with van der Waals surface area (Å²) < 4.78 is 27.6. The minimum Gasteiger partial charge on any atom is -0.472 e. The van der Waals surface area contributed by atoms with Gasteiger partial charge in [0.1, 0.15) is 23.7 Å². The number of pyridine rings is 1. The van der Waals surface area contributed by atoms with Crippen molar-refractivity contribution < 1.29 is 13.9 Å². The number of nitrogen functional groups attached to an aromatic ring is 1. The van der Waals surface area contributed by atoms with Crippen LogP contribution in [0.1, 0.15) is 18.4 Å². The van der Waals surface area contributed by atoms with E-state index in [1.54, 1.807) is 12.3 Å². The molecule has 3 heterocycles. The zero-order valence-electron chi connectivity index (χ0n) is 15.2. The molecule has 0 radical (unpaired) electrons. The van der Waals surface area contributed by atoms with Gasteiger partial charge in [-0.25, -0.2) is 9.37 Å². The summed E-state index contributed by atoms with van der Waals surface area (Å²) in [5, 5.41) is 14.3. The molecule has 28 heavy (non-hydrogen) atoms. The molecule has 0 bridgehead atoms. The number of alkyl halides is 1. The van der Waals surface area contributed by atoms with Gasteiger partial charge in [0.25, 0.3) is 0 Å². The molecule has 144 valence electrons. The lowest BCUT2D eigenvalue weighted by atomic mass is 9.85. The summed E-state index contributed by atoms with van der Waals surface area (Å²) in [6.45, 7) is 0.595. The molecule has 0 aliphatic carbocycles. The van der Waals surface area contributed by atoms with E-state index in [1.165, 1.54) is 4.68 Å². The summed E-state index contributed by atoms with van der Waals surface area (Å²) >= 11 is 0. The van der Waals surface area contributed by atoms with Crippen molar-refractivity contribution in [1.29, 1.82) is 5.26 Å². The predicted molar refractivity (Wildman–Crippen MR) is 101 cm³/mol. The first-order valence-corrected chi connectivity index (χ1v) is 9.05. The van der Waals surface area contributed by atoms with E-state index in [9.17, 15) is 9.65 Å². The Hall–Kier alpha value is -3.18. The molecule has 2 N–H and O–H groups in total. The van der Waals surface area contributed by atoms with Crippen LogP contribution < -0.4 is 10.5 Å². The zero-order valence-corrected chi connectivity index (χ0v) is 15.2. The fraction of sp³-hybridized carbons (Fsp3) is 0.350. The lowest BCUT2D eigenvalue weighted by molar-refractivity contribution is -0.0511. The third kappa shape index (κ3) is 3.04. The molecule has 2 aromatic heterocycles. The second-order valence-corrected chi connectivity index (χ2v) is 6.81. The molecule has 1 aliphatic rings. The summed E-state index contributed by atoms with van der Waals surface area (Å²) in [6.07, 6.45) is 0.509. The molecule has 2 atom stereocenters. The van der Waals surface area contributed by atoms with E-state index in [2.05, 4.69) is 16.2 Å². The number of nitrogens with zero attached hydrogens (tertiary/aromatic N) is 4. The van der Waals surface area contributed by atoms with Crippen molar-refractivity contribution in [2.75, 3.05) is 18.9 Å². The fourth-order valence-corrected chi connectivity index (χ4v) is 3.63. The van der Waals surface area contributed by atoms with Gasteiger partial charge in [-0.05, 0) is 18.1 Å². The van der Waals surface area contributed by atoms with Crippen molar-refractivity contribution in [1.82, 2.24) is 14.8 Å². The Bertz CT molecular complexity index is 1020. The summed E-state index contributed by atoms with van der Waals surface area (Å²) in [7, 11) is 0. The Morgan fingerprint density at radius 1 is 1.36 bits per heavy atom. The van der Waals surface area contributed by atoms with E-state index in [1.807, 2.05) is 30.3 Å². The highest BCUT2D eigenvalue weighted by Crippen LogP contribution is 2.40. The van der Waals surface area contributed by atoms with Gasteiger partial charge in [0.15, 0.2) is 5.82 Å². The van der Waals surface area contributed by atoms with Gasteiger partial charge in [0.05, 0.1) is 24.6 Å². The first kappa shape index (κ1) is 18.2. The molecule has 0 saturated carbocycles. The van der Waals surface area contributed by atoms with Crippen molar-refractivity contribution in [3.05, 3.63) is 48.2 Å². The molecule has 1 saturated heterocycles. The van der Waals surface area contributed by atoms with Gasteiger partial charge in [-0.2, -0.15) is 10.4 Å². The van der Waals surface area contributed by atoms with Gasteiger partial charge in [0, 0.05) is 12.8 Å². The molecule has 1 fully saturated rings. The number of hydrogen-bond acceptors (Lipinski definition) is 6. The molecule has 8 heteroatoms. The topological polar surface area (TPSA) is 99.0 Å². The fourth-order valence-electron chi connectivity index (χ4n) is 3.63. The number of aromatic nitrogens is 3. The van der Waals surface area contributed by atoms with Crippen LogP contribution in [-0.2, 0) is 16.9 Å². The SMILES string of the molecule is N#CCC1(n2nc(N)c3c(OCc4ccccc4)nccc32)CCOCC1F. The minimum absolute atomic E-state index is 0.0315. The van der Waals surface area contributed by atoms with E-state index < -0.39 is 11.7 Å². The number of fused-ring (bicyclic) bond motifs is 1. The van der Waals surface area contributed by atoms with Crippen LogP contribution in [0.15, 0.2) is 42.6 Å². The zero-order chi connectivity index (χ0) is 19.6. The molecule has 3 aromatic rings. The van der Waals surface area contributed by atoms with Gasteiger partial charge in [0.2, 0.25) is 5.88 Å². The standard InChI is InChI=1S/C20H20FN5O2/c21-16-13-27-11-8-20(16,7-9-22)26-15-6-10-24-19(17(15)18(23)25-26)28-12-14-4-2-1-3-5-14/h1-6,10,16H,7-8,11-13H2,(H2,23,25). The molecule has 0 spiro atoms. The van der Waals surface area contributed by atoms with E-state index in [4.69, 9.17) is 15.2 Å². The number of benzene rings is 1. The number of anilines is 1. The second-order valence-electron chi connectivity index (χ2n) is 6.81. The number of nitriles is 1. The number of halogens is 1. The minimum atomic E-state index is -1.37. The Kier molecular flexibility index (Phi) is 4.84. The van der Waals surface area contributed by atoms with Crippen molar-refractivity contribution in [3.63, 3.8) is 0 Å². The number of nitrogens with two attached hydrogens (primary N) is 1. The molecule has 1 aliphatic heterocycles. The Morgan fingerprint density at radius 2 is 2.18 bits per heavy atom. The van der Waals surface area contributed by atoms with Crippen LogP contribution in [0.3, 0.4) is 0 Å². The van der Waals surface area contributed by atoms with Crippen LogP contribution >= 0.6 is 0 Å². The second kappa shape index (κ2) is 7.44. The lowest BCUT2D eigenvalue weighted by Crippen LogP contribution is -2.49. The molecular weight excluding hydrogens is 361 g/mol. The van der Waals surface area contributed by atoms with Gasteiger partial charge in [-0.1, -0.05) is 30.3 Å². The maximum Gasteiger partial charge on any atom is 0.227 e. The molecule has 4 rings (SSSR count). The lowest BCUT2D eigenvalue weighted by Gasteiger charge is -2.38. The number of rotatable bonds is 5. The highest BCUT2D eigenvalue weighted by Gasteiger charge is 2.46. The number of ether oxygens (including phenoxy) is 2. The van der Waals surface area contributed by atoms with Crippen molar-refractivity contribution in [2.24, 2.45) is 0 Å². The van der Waals surface area contributed by atoms with Crippen LogP contribution in [0.4, 0.5) is 10.2 Å². The highest BCUT2D eigenvalue weighted by molar-refractivity contribution is 5.93. The smallest absolute Gasteiger partial charge is 0.227 e. The van der Waals surface area contributed by atoms with Crippen LogP contribution in [0.2, 0.25) is 0 Å². The quantitative estimate of drug-likeness (QED) is 0.729. The Morgan fingerprint density at radius 3 is 2.93 bits per heavy atom. The van der Waals surface area contributed by atoms with Crippen molar-refractivity contribution in [2.45, 2.75) is 31.2 Å². The van der Waals surface area contributed by atoms with Crippen LogP contribution in [0.25, 0.3) is 10.9 Å². The summed E-state index contributed by atoms with van der Waals surface area (Å²) in [5.74, 6) is 0.529. The first-order chi connectivity index (χ1) is 13.7. The Balaban J connectivity index is 1.76. The largest absolute Gasteiger partial charge is 0.472 e. The molecule has 1 aromatic carbocycles. The van der Waals surface area contributed by atoms with Crippen molar-refractivity contribution >= 4 is 16.7 Å². The average Bonchev–Trinajstić information content (AvgIpc) is 3.07. The van der Waals surface area contributed by atoms with E-state index >= 15 is 0 Å². The van der Waals surface area contributed by atoms with Crippen LogP contribution in [0.5, 0.6) is 5.88 Å². The van der Waals surface area contributed by atoms with Crippen LogP contribution in [-0.4, -0.2) is 34.1 Å². The first-order valence-electron chi connectivity index (χ1n) is 9.05. The molecular formula is C20H20FN5O2. The third-order valence-electron chi connectivity index (χ3n) is 5.14. The summed E-state index contributed by atoms with van der Waals surface area (Å²) in [4.78, 5) is 4.29. The normalized spacial score (nSPS) is 22.1. The van der Waals surface area contributed by atoms with Crippen molar-refractivity contribution in [3.8, 4) is 11.9 Å². The monoisotopic (exact) mass is 381 g/mol. The highest BCUT2D eigenvalue weighted by atomic mass is 19.1. The molecule has 2 unspecified atom stereocenters.